The molecule has 0 unspecified atom stereocenters. The Hall–Kier alpha value is -4.60. The summed E-state index contributed by atoms with van der Waals surface area (Å²) >= 11 is 0. The highest BCUT2D eigenvalue weighted by Gasteiger charge is 2.21. The van der Waals surface area contributed by atoms with Crippen LogP contribution in [0.25, 0.3) is 0 Å². The normalized spacial score (nSPS) is 13.8. The zero-order valence-corrected chi connectivity index (χ0v) is 27.0. The van der Waals surface area contributed by atoms with E-state index < -0.39 is 0 Å². The lowest BCUT2D eigenvalue weighted by molar-refractivity contribution is -0.697. The van der Waals surface area contributed by atoms with Crippen LogP contribution in [0.3, 0.4) is 0 Å². The number of imidazole rings is 1. The minimum atomic E-state index is 0.120. The van der Waals surface area contributed by atoms with Gasteiger partial charge in [0.1, 0.15) is 29.4 Å². The van der Waals surface area contributed by atoms with Crippen LogP contribution in [0.15, 0.2) is 93.8 Å². The zero-order valence-electron chi connectivity index (χ0n) is 27.0. The SMILES string of the molecule is CC.CCNc1cc(O)c(N=Nc2ccc[n+](CCC3CCN(c4ccc(N=Nc5n(C)cc[n+]5C)cc4)CC3)c2)cc1C. The maximum Gasteiger partial charge on any atom is 0.421 e. The van der Waals surface area contributed by atoms with Crippen LogP contribution in [0.1, 0.15) is 45.6 Å². The van der Waals surface area contributed by atoms with E-state index in [1.165, 1.54) is 18.5 Å². The van der Waals surface area contributed by atoms with E-state index in [1.54, 1.807) is 6.07 Å². The molecule has 0 amide bonds. The van der Waals surface area contributed by atoms with Crippen molar-refractivity contribution in [2.75, 3.05) is 29.9 Å². The molecule has 0 radical (unpaired) electrons. The van der Waals surface area contributed by atoms with Crippen LogP contribution in [0, 0.1) is 12.8 Å². The number of phenolic OH excluding ortho intramolecular Hbond substituents is 1. The molecule has 10 nitrogen and oxygen atoms in total. The van der Waals surface area contributed by atoms with Crippen LogP contribution in [-0.4, -0.2) is 29.3 Å². The summed E-state index contributed by atoms with van der Waals surface area (Å²) in [6, 6.07) is 15.9. The molecular weight excluding hydrogens is 550 g/mol. The number of pyridine rings is 1. The molecular formula is C34H47N9O+2. The minimum absolute atomic E-state index is 0.120. The predicted molar refractivity (Wildman–Crippen MR) is 176 cm³/mol. The molecule has 0 spiro atoms. The summed E-state index contributed by atoms with van der Waals surface area (Å²) in [5.41, 5.74) is 5.25. The quantitative estimate of drug-likeness (QED) is 0.144. The van der Waals surface area contributed by atoms with Crippen molar-refractivity contribution in [3.8, 4) is 5.75 Å². The van der Waals surface area contributed by atoms with Gasteiger partial charge in [0.15, 0.2) is 12.4 Å². The second kappa shape index (κ2) is 15.7. The van der Waals surface area contributed by atoms with Crippen molar-refractivity contribution in [2.45, 2.75) is 53.5 Å². The fourth-order valence-electron chi connectivity index (χ4n) is 5.33. The zero-order chi connectivity index (χ0) is 31.5. The van der Waals surface area contributed by atoms with Gasteiger partial charge in [0.2, 0.25) is 0 Å². The standard InChI is InChI=1S/C32H40N9O.C2H6/c1-5-33-29-22-31(42)30(21-24(29)2)36-35-27-7-6-15-40(23-27)16-12-25-13-17-41(18-14-25)28-10-8-26(9-11-28)34-37-32-38(3)19-20-39(32)4;1-2/h6-11,15,19-23,25H,5,12-14,16-18H2,1-4H3,(H-,33,35,42);1-2H3/q+1;/p+1. The van der Waals surface area contributed by atoms with Crippen LogP contribution >= 0.6 is 0 Å². The minimum Gasteiger partial charge on any atom is -0.506 e. The number of hydrogen-bond acceptors (Lipinski definition) is 7. The number of nitrogens with zero attached hydrogens (tertiary/aromatic N) is 8. The molecule has 1 aliphatic rings. The van der Waals surface area contributed by atoms with Gasteiger partial charge in [-0.15, -0.1) is 10.2 Å². The van der Waals surface area contributed by atoms with Crippen LogP contribution in [0.5, 0.6) is 5.75 Å². The van der Waals surface area contributed by atoms with Gasteiger partial charge in [0.25, 0.3) is 0 Å². The summed E-state index contributed by atoms with van der Waals surface area (Å²) in [6.07, 6.45) is 11.5. The van der Waals surface area contributed by atoms with Gasteiger partial charge in [0.05, 0.1) is 26.5 Å². The molecule has 1 fully saturated rings. The maximum atomic E-state index is 10.4. The fourth-order valence-corrected chi connectivity index (χ4v) is 5.33. The van der Waals surface area contributed by atoms with E-state index in [0.29, 0.717) is 11.6 Å². The number of benzene rings is 2. The van der Waals surface area contributed by atoms with Gasteiger partial charge in [-0.05, 0) is 74.6 Å². The predicted octanol–water partition coefficient (Wildman–Crippen LogP) is 7.75. The topological polar surface area (TPSA) is 97.6 Å². The number of rotatable bonds is 10. The van der Waals surface area contributed by atoms with E-state index in [2.05, 4.69) is 53.6 Å². The highest BCUT2D eigenvalue weighted by atomic mass is 16.3. The van der Waals surface area contributed by atoms with E-state index in [-0.39, 0.29) is 5.75 Å². The van der Waals surface area contributed by atoms with Crippen molar-refractivity contribution >= 4 is 34.4 Å². The third-order valence-electron chi connectivity index (χ3n) is 7.83. The van der Waals surface area contributed by atoms with Crippen LogP contribution in [0.4, 0.5) is 34.4 Å². The molecule has 1 saturated heterocycles. The van der Waals surface area contributed by atoms with Gasteiger partial charge < -0.3 is 15.3 Å². The van der Waals surface area contributed by atoms with Crippen molar-refractivity contribution in [2.24, 2.45) is 40.5 Å². The molecule has 5 rings (SSSR count). The molecule has 0 saturated carbocycles. The van der Waals surface area contributed by atoms with E-state index in [9.17, 15) is 5.11 Å². The Morgan fingerprint density at radius 2 is 1.68 bits per heavy atom. The summed E-state index contributed by atoms with van der Waals surface area (Å²) in [5, 5.41) is 31.1. The number of nitrogens with one attached hydrogen (secondary N) is 1. The molecule has 2 aromatic carbocycles. The molecule has 1 aliphatic heterocycles. The molecule has 2 aromatic heterocycles. The molecule has 0 atom stereocenters. The average Bonchev–Trinajstić information content (AvgIpc) is 3.38. The lowest BCUT2D eigenvalue weighted by Gasteiger charge is -2.33. The smallest absolute Gasteiger partial charge is 0.421 e. The Kier molecular flexibility index (Phi) is 11.6. The Balaban J connectivity index is 0.00000216. The lowest BCUT2D eigenvalue weighted by atomic mass is 9.93. The molecule has 44 heavy (non-hydrogen) atoms. The molecule has 10 heteroatoms. The summed E-state index contributed by atoms with van der Waals surface area (Å²) < 4.78 is 6.08. The number of piperidine rings is 1. The van der Waals surface area contributed by atoms with Crippen molar-refractivity contribution in [3.05, 3.63) is 78.9 Å². The van der Waals surface area contributed by atoms with Gasteiger partial charge in [-0.3, -0.25) is 0 Å². The summed E-state index contributed by atoms with van der Waals surface area (Å²) in [5.74, 6) is 1.61. The van der Waals surface area contributed by atoms with E-state index in [4.69, 9.17) is 0 Å². The highest BCUT2D eigenvalue weighted by molar-refractivity contribution is 5.64. The summed E-state index contributed by atoms with van der Waals surface area (Å²) in [6.45, 7) is 11.9. The van der Waals surface area contributed by atoms with Crippen molar-refractivity contribution in [1.82, 2.24) is 4.57 Å². The van der Waals surface area contributed by atoms with Gasteiger partial charge >= 0.3 is 5.95 Å². The molecule has 0 aliphatic carbocycles. The Labute approximate surface area is 261 Å². The van der Waals surface area contributed by atoms with Crippen molar-refractivity contribution < 1.29 is 14.2 Å². The van der Waals surface area contributed by atoms with Gasteiger partial charge in [0, 0.05) is 54.7 Å². The number of aromatic nitrogens is 3. The molecule has 232 valence electrons. The van der Waals surface area contributed by atoms with E-state index >= 15 is 0 Å². The number of aromatic hydroxyl groups is 1. The third kappa shape index (κ3) is 8.49. The molecule has 4 aromatic rings. The average molecular weight is 598 g/mol. The number of hydrogen-bond donors (Lipinski definition) is 2. The first-order chi connectivity index (χ1) is 21.4. The first-order valence-electron chi connectivity index (χ1n) is 15.7. The summed E-state index contributed by atoms with van der Waals surface area (Å²) in [7, 11) is 3.93. The number of anilines is 2. The lowest BCUT2D eigenvalue weighted by Crippen LogP contribution is -2.37. The maximum absolute atomic E-state index is 10.4. The second-order valence-corrected chi connectivity index (χ2v) is 10.9. The highest BCUT2D eigenvalue weighted by Crippen LogP contribution is 2.33. The van der Waals surface area contributed by atoms with Crippen LogP contribution in [0.2, 0.25) is 0 Å². The molecule has 2 N–H and O–H groups in total. The van der Waals surface area contributed by atoms with E-state index in [1.807, 2.05) is 99.8 Å². The molecule has 3 heterocycles. The van der Waals surface area contributed by atoms with Gasteiger partial charge in [-0.2, -0.15) is 0 Å². The first-order valence-corrected chi connectivity index (χ1v) is 15.7. The first kappa shape index (κ1) is 32.3. The van der Waals surface area contributed by atoms with Crippen LogP contribution in [-0.2, 0) is 20.6 Å². The van der Waals surface area contributed by atoms with Crippen LogP contribution < -0.4 is 19.4 Å². The van der Waals surface area contributed by atoms with Crippen molar-refractivity contribution in [1.29, 1.82) is 0 Å². The fraction of sp³-hybridized carbons (Fsp3) is 0.412. The second-order valence-electron chi connectivity index (χ2n) is 10.9. The molecule has 0 bridgehead atoms. The van der Waals surface area contributed by atoms with Gasteiger partial charge in [-0.25, -0.2) is 13.7 Å². The largest absolute Gasteiger partial charge is 0.506 e. The number of aryl methyl sites for hydroxylation is 4. The van der Waals surface area contributed by atoms with Crippen molar-refractivity contribution in [3.63, 3.8) is 0 Å². The van der Waals surface area contributed by atoms with E-state index in [0.717, 1.165) is 61.2 Å². The third-order valence-corrected chi connectivity index (χ3v) is 7.83. The monoisotopic (exact) mass is 597 g/mol. The summed E-state index contributed by atoms with van der Waals surface area (Å²) in [4.78, 5) is 2.46. The Morgan fingerprint density at radius 1 is 0.955 bits per heavy atom. The number of phenols is 1. The number of azo groups is 2. The van der Waals surface area contributed by atoms with Gasteiger partial charge in [-0.1, -0.05) is 19.0 Å². The Bertz CT molecular complexity index is 1530. The Morgan fingerprint density at radius 3 is 2.36 bits per heavy atom.